The molecule has 33 heavy (non-hydrogen) atoms. The summed E-state index contributed by atoms with van der Waals surface area (Å²) in [5.74, 6) is -5.00. The summed E-state index contributed by atoms with van der Waals surface area (Å²) in [6, 6.07) is 5.27. The lowest BCUT2D eigenvalue weighted by molar-refractivity contribution is 0.0987. The van der Waals surface area contributed by atoms with Gasteiger partial charge in [0.15, 0.2) is 17.4 Å². The molecule has 2 N–H and O–H groups in total. The van der Waals surface area contributed by atoms with E-state index in [0.717, 1.165) is 37.0 Å². The quantitative estimate of drug-likeness (QED) is 0.318. The van der Waals surface area contributed by atoms with Gasteiger partial charge in [0, 0.05) is 24.9 Å². The summed E-state index contributed by atoms with van der Waals surface area (Å²) >= 11 is 0. The van der Waals surface area contributed by atoms with Crippen molar-refractivity contribution in [2.75, 3.05) is 0 Å². The smallest absolute Gasteiger partial charge is 0.185 e. The van der Waals surface area contributed by atoms with Crippen molar-refractivity contribution in [1.82, 2.24) is 9.97 Å². The second-order valence-corrected chi connectivity index (χ2v) is 8.69. The van der Waals surface area contributed by atoms with Gasteiger partial charge >= 0.3 is 0 Å². The zero-order valence-electron chi connectivity index (χ0n) is 18.0. The van der Waals surface area contributed by atoms with Crippen molar-refractivity contribution in [2.24, 2.45) is 11.7 Å². The average molecular weight is 457 g/mol. The number of benzene rings is 1. The molecule has 0 unspecified atom stereocenters. The van der Waals surface area contributed by atoms with E-state index in [1.54, 1.807) is 12.4 Å². The number of hydrogen-bond acceptors (Lipinski definition) is 4. The van der Waals surface area contributed by atoms with Crippen LogP contribution in [0.2, 0.25) is 0 Å². The number of nitrogens with zero attached hydrogens (tertiary/aromatic N) is 2. The molecule has 172 valence electrons. The van der Waals surface area contributed by atoms with Crippen LogP contribution in [0.25, 0.3) is 11.3 Å². The molecule has 3 aromatic rings. The van der Waals surface area contributed by atoms with Gasteiger partial charge in [0.05, 0.1) is 5.56 Å². The highest BCUT2D eigenvalue weighted by atomic mass is 19.2. The number of Topliss-reactive ketones (excluding diaryl/α,β-unsaturated/α-hetero) is 1. The average Bonchev–Trinajstić information content (AvgIpc) is 2.77. The number of carbonyl (C=O) groups excluding carboxylic acids is 1. The topological polar surface area (TPSA) is 68.9 Å². The van der Waals surface area contributed by atoms with Gasteiger partial charge in [0.1, 0.15) is 23.0 Å². The maximum absolute atomic E-state index is 14.4. The van der Waals surface area contributed by atoms with Crippen LogP contribution >= 0.6 is 0 Å². The number of rotatable bonds is 5. The van der Waals surface area contributed by atoms with Crippen molar-refractivity contribution >= 4 is 5.78 Å². The van der Waals surface area contributed by atoms with Gasteiger partial charge in [-0.2, -0.15) is 0 Å². The molecule has 0 aliphatic heterocycles. The third-order valence-corrected chi connectivity index (χ3v) is 6.12. The molecule has 0 saturated heterocycles. The van der Waals surface area contributed by atoms with Crippen LogP contribution in [-0.4, -0.2) is 21.8 Å². The van der Waals surface area contributed by atoms with Crippen LogP contribution in [0.1, 0.15) is 53.7 Å². The molecule has 0 radical (unpaired) electrons. The van der Waals surface area contributed by atoms with Crippen molar-refractivity contribution < 1.29 is 22.4 Å². The van der Waals surface area contributed by atoms with Gasteiger partial charge in [-0.05, 0) is 72.6 Å². The zero-order valence-corrected chi connectivity index (χ0v) is 18.0. The normalized spacial score (nSPS) is 20.6. The van der Waals surface area contributed by atoms with E-state index < -0.39 is 40.3 Å². The minimum atomic E-state index is -1.57. The highest BCUT2D eigenvalue weighted by molar-refractivity contribution is 5.96. The highest BCUT2D eigenvalue weighted by Gasteiger charge is 2.28. The Balaban J connectivity index is 1.65. The Morgan fingerprint density at radius 1 is 1.00 bits per heavy atom. The maximum atomic E-state index is 14.4. The highest BCUT2D eigenvalue weighted by Crippen LogP contribution is 2.37. The Hall–Kier alpha value is -3.13. The maximum Gasteiger partial charge on any atom is 0.185 e. The zero-order chi connectivity index (χ0) is 23.7. The van der Waals surface area contributed by atoms with Crippen LogP contribution in [0.15, 0.2) is 42.7 Å². The third-order valence-electron chi connectivity index (χ3n) is 6.12. The summed E-state index contributed by atoms with van der Waals surface area (Å²) in [7, 11) is 0. The second kappa shape index (κ2) is 9.39. The molecule has 1 aromatic carbocycles. The molecule has 8 heteroatoms. The summed E-state index contributed by atoms with van der Waals surface area (Å²) in [4.78, 5) is 21.0. The fraction of sp³-hybridized carbons (Fsp3) is 0.320. The fourth-order valence-corrected chi connectivity index (χ4v) is 4.67. The predicted molar refractivity (Wildman–Crippen MR) is 116 cm³/mol. The molecule has 1 aliphatic rings. The summed E-state index contributed by atoms with van der Waals surface area (Å²) in [6.07, 6.45) is 5.88. The van der Waals surface area contributed by atoms with Gasteiger partial charge in [-0.1, -0.05) is 6.92 Å². The van der Waals surface area contributed by atoms with E-state index in [2.05, 4.69) is 16.9 Å². The van der Waals surface area contributed by atoms with Gasteiger partial charge < -0.3 is 5.73 Å². The van der Waals surface area contributed by atoms with Gasteiger partial charge in [0.2, 0.25) is 0 Å². The van der Waals surface area contributed by atoms with Crippen LogP contribution in [0.3, 0.4) is 0 Å². The molecule has 1 fully saturated rings. The first kappa shape index (κ1) is 23.0. The van der Waals surface area contributed by atoms with E-state index >= 15 is 0 Å². The Bertz CT molecular complexity index is 1190. The molecule has 4 rings (SSSR count). The van der Waals surface area contributed by atoms with E-state index in [1.165, 1.54) is 0 Å². The molecule has 3 atom stereocenters. The van der Waals surface area contributed by atoms with Gasteiger partial charge in [-0.3, -0.25) is 9.78 Å². The van der Waals surface area contributed by atoms with Gasteiger partial charge in [0.25, 0.3) is 0 Å². The molecule has 4 nitrogen and oxygen atoms in total. The lowest BCUT2D eigenvalue weighted by atomic mass is 9.75. The second-order valence-electron chi connectivity index (χ2n) is 8.69. The molecule has 1 aliphatic carbocycles. The number of hydrogen-bond donors (Lipinski definition) is 1. The van der Waals surface area contributed by atoms with E-state index in [-0.39, 0.29) is 24.1 Å². The van der Waals surface area contributed by atoms with Gasteiger partial charge in [-0.25, -0.2) is 22.5 Å². The summed E-state index contributed by atoms with van der Waals surface area (Å²) in [6.45, 7) is 2.15. The predicted octanol–water partition coefficient (Wildman–Crippen LogP) is 5.36. The monoisotopic (exact) mass is 457 g/mol. The molecule has 2 aromatic heterocycles. The Kier molecular flexibility index (Phi) is 6.56. The van der Waals surface area contributed by atoms with E-state index in [0.29, 0.717) is 23.6 Å². The van der Waals surface area contributed by atoms with Crippen molar-refractivity contribution in [3.63, 3.8) is 0 Å². The number of pyridine rings is 2. The molecule has 1 saturated carbocycles. The minimum Gasteiger partial charge on any atom is -0.328 e. The standard InChI is InChI=1S/C25H23F4N3O/c1-13-8-14(10-16(30)9-13)17-6-7-31-12-15(17)11-22(33)21-5-4-20(28)25(32-21)23-18(26)2-3-19(27)24(23)29/h2-7,12-14,16H,8-11,30H2,1H3/t13-,14+,16-/m0/s1. The minimum absolute atomic E-state index is 0.0739. The van der Waals surface area contributed by atoms with E-state index in [9.17, 15) is 22.4 Å². The summed E-state index contributed by atoms with van der Waals surface area (Å²) in [5.41, 5.74) is 5.99. The molecule has 2 heterocycles. The molecule has 0 amide bonds. The summed E-state index contributed by atoms with van der Waals surface area (Å²) < 4.78 is 56.4. The van der Waals surface area contributed by atoms with Crippen LogP contribution < -0.4 is 5.73 Å². The van der Waals surface area contributed by atoms with Crippen LogP contribution in [0, 0.1) is 29.2 Å². The Morgan fingerprint density at radius 3 is 2.48 bits per heavy atom. The fourth-order valence-electron chi connectivity index (χ4n) is 4.67. The summed E-state index contributed by atoms with van der Waals surface area (Å²) in [5, 5.41) is 0. The number of halogens is 4. The molecular formula is C25H23F4N3O. The first-order valence-corrected chi connectivity index (χ1v) is 10.8. The number of ketones is 1. The first-order valence-electron chi connectivity index (χ1n) is 10.8. The van der Waals surface area contributed by atoms with Gasteiger partial charge in [-0.15, -0.1) is 0 Å². The van der Waals surface area contributed by atoms with Crippen molar-refractivity contribution in [2.45, 2.75) is 44.6 Å². The largest absolute Gasteiger partial charge is 0.328 e. The van der Waals surface area contributed by atoms with Crippen LogP contribution in [-0.2, 0) is 6.42 Å². The number of carbonyl (C=O) groups is 1. The number of aromatic nitrogens is 2. The lowest BCUT2D eigenvalue weighted by Gasteiger charge is -2.32. The van der Waals surface area contributed by atoms with E-state index in [1.807, 2.05) is 6.07 Å². The third kappa shape index (κ3) is 4.80. The van der Waals surface area contributed by atoms with Crippen LogP contribution in [0.4, 0.5) is 17.6 Å². The van der Waals surface area contributed by atoms with Crippen molar-refractivity contribution in [1.29, 1.82) is 0 Å². The number of nitrogens with two attached hydrogens (primary N) is 1. The SMILES string of the molecule is C[C@@H]1C[C@H](N)C[C@H](c2ccncc2CC(=O)c2ccc(F)c(-c3c(F)ccc(F)c3F)n2)C1. The first-order chi connectivity index (χ1) is 15.7. The van der Waals surface area contributed by atoms with Crippen LogP contribution in [0.5, 0.6) is 0 Å². The molecule has 0 spiro atoms. The lowest BCUT2D eigenvalue weighted by Crippen LogP contribution is -2.31. The van der Waals surface area contributed by atoms with Crippen molar-refractivity contribution in [3.05, 3.63) is 82.8 Å². The Labute approximate surface area is 188 Å². The van der Waals surface area contributed by atoms with Crippen molar-refractivity contribution in [3.8, 4) is 11.3 Å². The Morgan fingerprint density at radius 2 is 1.73 bits per heavy atom. The molecule has 0 bridgehead atoms. The molecular weight excluding hydrogens is 434 g/mol. The van der Waals surface area contributed by atoms with E-state index in [4.69, 9.17) is 5.73 Å².